The van der Waals surface area contributed by atoms with Crippen molar-refractivity contribution >= 4 is 46.7 Å². The summed E-state index contributed by atoms with van der Waals surface area (Å²) in [6, 6.07) is 37.5. The van der Waals surface area contributed by atoms with Crippen LogP contribution in [-0.4, -0.2) is 33.8 Å². The van der Waals surface area contributed by atoms with Gasteiger partial charge in [0.25, 0.3) is 0 Å². The van der Waals surface area contributed by atoms with Crippen molar-refractivity contribution in [3.63, 3.8) is 0 Å². The summed E-state index contributed by atoms with van der Waals surface area (Å²) in [6.07, 6.45) is 12.7. The van der Waals surface area contributed by atoms with E-state index in [1.165, 1.54) is 54.0 Å². The second-order valence-electron chi connectivity index (χ2n) is 14.5. The Labute approximate surface area is 306 Å². The van der Waals surface area contributed by atoms with Crippen LogP contribution in [0.4, 0.5) is 17.1 Å². The van der Waals surface area contributed by atoms with Crippen LogP contribution in [-0.2, 0) is 10.8 Å². The zero-order chi connectivity index (χ0) is 34.9. The van der Waals surface area contributed by atoms with Crippen LogP contribution in [0.15, 0.2) is 155 Å². The maximum absolute atomic E-state index is 5.45. The van der Waals surface area contributed by atoms with E-state index >= 15 is 0 Å². The Hall–Kier alpha value is -4.37. The van der Waals surface area contributed by atoms with Crippen LogP contribution >= 0.6 is 0 Å². The topological polar surface area (TPSA) is 18.8 Å². The van der Waals surface area contributed by atoms with Gasteiger partial charge in [-0.1, -0.05) is 36.4 Å². The van der Waals surface area contributed by atoms with Crippen molar-refractivity contribution in [3.05, 3.63) is 161 Å². The van der Waals surface area contributed by atoms with Crippen LogP contribution < -0.4 is 18.7 Å². The monoisotopic (exact) mass is 723 g/mol. The molecule has 0 unspecified atom stereocenters. The van der Waals surface area contributed by atoms with Gasteiger partial charge in [-0.05, 0) is 26.0 Å². The molecule has 2 heterocycles. The van der Waals surface area contributed by atoms with E-state index in [1.807, 2.05) is 0 Å². The van der Waals surface area contributed by atoms with Gasteiger partial charge >= 0.3 is 245 Å². The molecule has 50 heavy (non-hydrogen) atoms. The Morgan fingerprint density at radius 1 is 0.580 bits per heavy atom. The van der Waals surface area contributed by atoms with E-state index < -0.39 is 0 Å². The Morgan fingerprint density at radius 3 is 1.54 bits per heavy atom. The average molecular weight is 723 g/mol. The van der Waals surface area contributed by atoms with Gasteiger partial charge < -0.3 is 0 Å². The number of aliphatic imine (C=N–C) groups is 1. The number of fused-ring (bicyclic) bond motifs is 2. The SMILES string of the molecule is CCN1C(=CC=C2CCC/C(=C\C=C3\N(CC)c4ccccc4C3(C)C)C2=Nc2ccc([Se]c3ccccc3)cc2)C(C)(C)c2ccccc21. The van der Waals surface area contributed by atoms with Crippen LogP contribution in [0.3, 0.4) is 0 Å². The smallest absolute Gasteiger partial charge is 0.0618 e. The van der Waals surface area contributed by atoms with Gasteiger partial charge in [-0.15, -0.1) is 0 Å². The summed E-state index contributed by atoms with van der Waals surface area (Å²) < 4.78 is 2.75. The summed E-state index contributed by atoms with van der Waals surface area (Å²) in [7, 11) is 0. The molecule has 2 aliphatic heterocycles. The first-order chi connectivity index (χ1) is 24.2. The van der Waals surface area contributed by atoms with E-state index in [9.17, 15) is 0 Å². The third kappa shape index (κ3) is 6.36. The first-order valence-electron chi connectivity index (χ1n) is 18.2. The van der Waals surface area contributed by atoms with Gasteiger partial charge in [0.2, 0.25) is 0 Å². The number of likely N-dealkylation sites (N-methyl/N-ethyl adjacent to an activating group) is 2. The van der Waals surface area contributed by atoms with Gasteiger partial charge in [-0.3, -0.25) is 0 Å². The molecule has 0 N–H and O–H groups in total. The van der Waals surface area contributed by atoms with Crippen LogP contribution in [0.1, 0.15) is 71.9 Å². The van der Waals surface area contributed by atoms with Gasteiger partial charge in [0, 0.05) is 0 Å². The molecule has 4 heteroatoms. The molecule has 3 aliphatic rings. The van der Waals surface area contributed by atoms with E-state index in [2.05, 4.69) is 179 Å². The first-order valence-corrected chi connectivity index (χ1v) is 19.9. The molecular formula is C46H49N3Se. The summed E-state index contributed by atoms with van der Waals surface area (Å²) in [6.45, 7) is 15.8. The predicted octanol–water partition coefficient (Wildman–Crippen LogP) is 9.85. The van der Waals surface area contributed by atoms with Crippen molar-refractivity contribution < 1.29 is 0 Å². The van der Waals surface area contributed by atoms with E-state index in [0.717, 1.165) is 43.8 Å². The Bertz CT molecular complexity index is 1920. The number of para-hydroxylation sites is 2. The van der Waals surface area contributed by atoms with E-state index in [1.54, 1.807) is 0 Å². The van der Waals surface area contributed by atoms with Crippen molar-refractivity contribution in [2.45, 2.75) is 71.6 Å². The van der Waals surface area contributed by atoms with Crippen LogP contribution in [0.5, 0.6) is 0 Å². The summed E-state index contributed by atoms with van der Waals surface area (Å²) in [5.74, 6) is 0. The second-order valence-corrected chi connectivity index (χ2v) is 16.9. The molecule has 0 spiro atoms. The van der Waals surface area contributed by atoms with Crippen molar-refractivity contribution in [1.29, 1.82) is 0 Å². The molecule has 3 nitrogen and oxygen atoms in total. The molecule has 1 saturated carbocycles. The molecule has 4 aromatic rings. The third-order valence-corrected chi connectivity index (χ3v) is 12.8. The van der Waals surface area contributed by atoms with Gasteiger partial charge in [-0.25, -0.2) is 0 Å². The molecule has 0 radical (unpaired) electrons. The minimum atomic E-state index is -0.0677. The molecule has 7 rings (SSSR count). The van der Waals surface area contributed by atoms with Crippen molar-refractivity contribution in [1.82, 2.24) is 0 Å². The quantitative estimate of drug-likeness (QED) is 0.177. The van der Waals surface area contributed by atoms with Gasteiger partial charge in [0.1, 0.15) is 0 Å². The summed E-state index contributed by atoms with van der Waals surface area (Å²) in [4.78, 5) is 10.4. The molecule has 4 aromatic carbocycles. The van der Waals surface area contributed by atoms with Crippen LogP contribution in [0.2, 0.25) is 0 Å². The molecule has 1 aliphatic carbocycles. The summed E-state index contributed by atoms with van der Waals surface area (Å²) in [5, 5.41) is 0. The predicted molar refractivity (Wildman–Crippen MR) is 216 cm³/mol. The van der Waals surface area contributed by atoms with E-state index in [-0.39, 0.29) is 25.8 Å². The van der Waals surface area contributed by atoms with Gasteiger partial charge in [-0.2, -0.15) is 0 Å². The number of nitrogens with zero attached hydrogens (tertiary/aromatic N) is 3. The fourth-order valence-corrected chi connectivity index (χ4v) is 9.80. The minimum absolute atomic E-state index is 0.0677. The standard InChI is InChI=1S/C46H49N3Se/c1-7-48-40-23-14-12-21-38(40)45(3,4)42(48)31-25-33-17-16-18-34(26-32-43-46(5,6)39-22-13-15-24-41(39)49(43)8-2)44(33)47-35-27-29-37(30-28-35)50-36-19-10-9-11-20-36/h9-15,19-32H,7-8,16-18H2,1-6H3/b33-25+,34-26?,42-31+,43-32?,47-44?. The fraction of sp³-hybridized carbons (Fsp3) is 0.283. The Balaban J connectivity index is 1.29. The van der Waals surface area contributed by atoms with Crippen molar-refractivity contribution in [2.24, 2.45) is 4.99 Å². The number of benzene rings is 4. The first kappa shape index (κ1) is 34.1. The second kappa shape index (κ2) is 14.1. The number of allylic oxidation sites excluding steroid dienone is 8. The molecule has 254 valence electrons. The fourth-order valence-electron chi connectivity index (χ4n) is 8.05. The van der Waals surface area contributed by atoms with Crippen LogP contribution in [0.25, 0.3) is 0 Å². The van der Waals surface area contributed by atoms with E-state index in [4.69, 9.17) is 4.99 Å². The molecular weight excluding hydrogens is 673 g/mol. The molecule has 0 bridgehead atoms. The number of hydrogen-bond donors (Lipinski definition) is 0. The normalized spacial score (nSPS) is 21.8. The number of rotatable bonds is 7. The third-order valence-electron chi connectivity index (χ3n) is 10.7. The average Bonchev–Trinajstić information content (AvgIpc) is 3.49. The zero-order valence-electron chi connectivity index (χ0n) is 30.4. The molecule has 0 atom stereocenters. The van der Waals surface area contributed by atoms with Crippen molar-refractivity contribution in [3.8, 4) is 0 Å². The number of anilines is 2. The number of hydrogen-bond acceptors (Lipinski definition) is 3. The van der Waals surface area contributed by atoms with E-state index in [0.29, 0.717) is 0 Å². The van der Waals surface area contributed by atoms with Gasteiger partial charge in [0.05, 0.1) is 0 Å². The maximum atomic E-state index is 5.45. The molecule has 1 fully saturated rings. The van der Waals surface area contributed by atoms with Gasteiger partial charge in [0.15, 0.2) is 0 Å². The van der Waals surface area contributed by atoms with Crippen molar-refractivity contribution in [2.75, 3.05) is 22.9 Å². The minimum Gasteiger partial charge on any atom is -0.0618 e. The molecule has 0 saturated heterocycles. The van der Waals surface area contributed by atoms with Crippen LogP contribution in [0, 0.1) is 0 Å². The Morgan fingerprint density at radius 2 is 1.04 bits per heavy atom. The summed E-state index contributed by atoms with van der Waals surface area (Å²) in [5.41, 5.74) is 12.8. The molecule has 0 amide bonds. The summed E-state index contributed by atoms with van der Waals surface area (Å²) >= 11 is 0.278. The Kier molecular flexibility index (Phi) is 9.61. The molecule has 0 aromatic heterocycles. The zero-order valence-corrected chi connectivity index (χ0v) is 32.1.